The fraction of sp³-hybridized carbons (Fsp3) is 0.968. The summed E-state index contributed by atoms with van der Waals surface area (Å²) in [5.74, 6) is -0.629. The highest BCUT2D eigenvalue weighted by atomic mass is 16.8. The number of nitrogens with one attached hydrogen (secondary N) is 2. The maximum Gasteiger partial charge on any atom is 0.407 e. The lowest BCUT2D eigenvalue weighted by Gasteiger charge is -2.49. The van der Waals surface area contributed by atoms with Crippen LogP contribution in [0.2, 0.25) is 0 Å². The van der Waals surface area contributed by atoms with Gasteiger partial charge in [0.25, 0.3) is 0 Å². The number of carbonyl (C=O) groups is 1. The number of rotatable bonds is 16. The highest BCUT2D eigenvalue weighted by Crippen LogP contribution is 2.36. The Bertz CT molecular complexity index is 972. The molecule has 15 atom stereocenters. The van der Waals surface area contributed by atoms with Gasteiger partial charge < -0.3 is 84.6 Å². The molecule has 0 aliphatic carbocycles. The van der Waals surface area contributed by atoms with Gasteiger partial charge in [-0.3, -0.25) is 0 Å². The highest BCUT2D eigenvalue weighted by Gasteiger charge is 2.54. The van der Waals surface area contributed by atoms with Crippen molar-refractivity contribution in [2.75, 3.05) is 46.1 Å². The van der Waals surface area contributed by atoms with Gasteiger partial charge in [0.15, 0.2) is 18.9 Å². The second-order valence-corrected chi connectivity index (χ2v) is 13.8. The monoisotopic (exact) mass is 714 g/mol. The van der Waals surface area contributed by atoms with Crippen molar-refractivity contribution in [3.63, 3.8) is 0 Å². The molecule has 49 heavy (non-hydrogen) atoms. The maximum atomic E-state index is 11.8. The molecule has 3 rings (SSSR count). The molecular weight excluding hydrogens is 656 g/mol. The summed E-state index contributed by atoms with van der Waals surface area (Å²) in [6.45, 7) is 8.74. The molecule has 3 fully saturated rings. The summed E-state index contributed by atoms with van der Waals surface area (Å²) in [5.41, 5.74) is -0.587. The number of hydrogen-bond acceptors (Lipinski definition) is 17. The zero-order chi connectivity index (χ0) is 36.5. The van der Waals surface area contributed by atoms with E-state index in [0.29, 0.717) is 32.5 Å². The summed E-state index contributed by atoms with van der Waals surface area (Å²) >= 11 is 0. The first kappa shape index (κ1) is 42.1. The number of alkyl carbamates (subject to hydrolysis) is 1. The molecule has 3 saturated heterocycles. The van der Waals surface area contributed by atoms with Crippen LogP contribution in [0.3, 0.4) is 0 Å². The minimum absolute atomic E-state index is 0.0764. The summed E-state index contributed by atoms with van der Waals surface area (Å²) in [6.07, 6.45) is -17.9. The van der Waals surface area contributed by atoms with Crippen LogP contribution in [0.1, 0.15) is 47.5 Å². The standard InChI is InChI=1S/C31H58N2O16/c1-15-16(2)20(37)27(44-17(15)12-34)47-25-22(39)19(14-36)46-29(26(25)48-28-24(41)23(40)21(38)18(13-35)45-28)43-11-7-9-32-8-6-10-33-30(42)49-31(3,4)5/h15-29,32,34-41H,6-14H2,1-5H3,(H,33,42)/t15-,16-,17-,18?,19-,20-,21-,22+,23-,24+,25?,26?,27?,28?,29?/m0/s1. The van der Waals surface area contributed by atoms with E-state index in [1.54, 1.807) is 34.6 Å². The molecule has 1 amide bonds. The number of carbonyl (C=O) groups excluding carboxylic acids is 1. The topological polar surface area (TPSA) is 268 Å². The number of aliphatic hydroxyl groups excluding tert-OH is 8. The summed E-state index contributed by atoms with van der Waals surface area (Å²) in [5, 5.41) is 89.1. The molecule has 0 bridgehead atoms. The van der Waals surface area contributed by atoms with Crippen molar-refractivity contribution in [3.05, 3.63) is 0 Å². The Kier molecular flexibility index (Phi) is 16.7. The van der Waals surface area contributed by atoms with Crippen molar-refractivity contribution < 1.29 is 78.8 Å². The molecule has 0 saturated carbocycles. The van der Waals surface area contributed by atoms with Crippen LogP contribution < -0.4 is 10.6 Å². The molecule has 3 heterocycles. The molecule has 288 valence electrons. The van der Waals surface area contributed by atoms with Gasteiger partial charge in [-0.25, -0.2) is 4.79 Å². The average Bonchev–Trinajstić information content (AvgIpc) is 3.05. The minimum atomic E-state index is -1.81. The first-order valence-electron chi connectivity index (χ1n) is 16.9. The van der Waals surface area contributed by atoms with Crippen molar-refractivity contribution in [2.24, 2.45) is 11.8 Å². The Morgan fingerprint density at radius 3 is 1.84 bits per heavy atom. The van der Waals surface area contributed by atoms with Crippen molar-refractivity contribution in [2.45, 2.75) is 133 Å². The molecule has 0 aromatic carbocycles. The van der Waals surface area contributed by atoms with Gasteiger partial charge in [0.1, 0.15) is 60.5 Å². The van der Waals surface area contributed by atoms with Crippen LogP contribution in [0.5, 0.6) is 0 Å². The van der Waals surface area contributed by atoms with E-state index in [0.717, 1.165) is 0 Å². The van der Waals surface area contributed by atoms with E-state index in [1.807, 2.05) is 0 Å². The van der Waals surface area contributed by atoms with Crippen LogP contribution in [0.15, 0.2) is 0 Å². The normalized spacial score (nSPS) is 40.2. The van der Waals surface area contributed by atoms with Crippen LogP contribution in [-0.4, -0.2) is 179 Å². The van der Waals surface area contributed by atoms with Crippen molar-refractivity contribution in [3.8, 4) is 0 Å². The third kappa shape index (κ3) is 11.6. The zero-order valence-corrected chi connectivity index (χ0v) is 28.9. The van der Waals surface area contributed by atoms with Crippen LogP contribution in [0.25, 0.3) is 0 Å². The van der Waals surface area contributed by atoms with Gasteiger partial charge in [0.05, 0.1) is 32.5 Å². The lowest BCUT2D eigenvalue weighted by molar-refractivity contribution is -0.389. The SMILES string of the molecule is C[C@H]1[C@H](C)[C@H](O)C(OC2C(OC3OC(CO)[C@H](O)[C@H](O)[C@H]3O)C(OCCCNCCCNC(=O)OC(C)(C)C)O[C@@H](CO)[C@H]2O)O[C@H]1CO. The van der Waals surface area contributed by atoms with Gasteiger partial charge in [-0.15, -0.1) is 0 Å². The van der Waals surface area contributed by atoms with E-state index in [2.05, 4.69) is 10.6 Å². The summed E-state index contributed by atoms with van der Waals surface area (Å²) in [6, 6.07) is 0. The van der Waals surface area contributed by atoms with Crippen LogP contribution in [0.4, 0.5) is 4.79 Å². The first-order chi connectivity index (χ1) is 23.1. The van der Waals surface area contributed by atoms with E-state index in [9.17, 15) is 45.6 Å². The molecule has 3 aliphatic rings. The minimum Gasteiger partial charge on any atom is -0.444 e. The summed E-state index contributed by atoms with van der Waals surface area (Å²) in [7, 11) is 0. The third-order valence-electron chi connectivity index (χ3n) is 8.93. The van der Waals surface area contributed by atoms with E-state index in [1.165, 1.54) is 0 Å². The predicted octanol–water partition coefficient (Wildman–Crippen LogP) is -3.10. The molecule has 3 aliphatic heterocycles. The quantitative estimate of drug-likeness (QED) is 0.0710. The Hall–Kier alpha value is -1.33. The van der Waals surface area contributed by atoms with Gasteiger partial charge in [-0.05, 0) is 58.5 Å². The molecule has 0 aromatic rings. The van der Waals surface area contributed by atoms with E-state index in [4.69, 9.17) is 33.2 Å². The Morgan fingerprint density at radius 1 is 0.653 bits per heavy atom. The molecule has 6 unspecified atom stereocenters. The Labute approximate surface area is 286 Å². The number of aliphatic hydroxyl groups is 8. The Morgan fingerprint density at radius 2 is 1.20 bits per heavy atom. The second kappa shape index (κ2) is 19.5. The first-order valence-corrected chi connectivity index (χ1v) is 16.9. The average molecular weight is 715 g/mol. The lowest BCUT2D eigenvalue weighted by Crippen LogP contribution is -2.66. The summed E-state index contributed by atoms with van der Waals surface area (Å²) < 4.78 is 40.5. The van der Waals surface area contributed by atoms with Gasteiger partial charge >= 0.3 is 6.09 Å². The fourth-order valence-electron chi connectivity index (χ4n) is 5.80. The molecule has 0 spiro atoms. The van der Waals surface area contributed by atoms with E-state index < -0.39 is 105 Å². The van der Waals surface area contributed by atoms with Gasteiger partial charge in [-0.2, -0.15) is 0 Å². The molecule has 10 N–H and O–H groups in total. The van der Waals surface area contributed by atoms with Crippen LogP contribution >= 0.6 is 0 Å². The Balaban J connectivity index is 1.69. The predicted molar refractivity (Wildman–Crippen MR) is 168 cm³/mol. The lowest BCUT2D eigenvalue weighted by atomic mass is 9.83. The third-order valence-corrected chi connectivity index (χ3v) is 8.93. The van der Waals surface area contributed by atoms with Gasteiger partial charge in [0, 0.05) is 6.54 Å². The van der Waals surface area contributed by atoms with Crippen LogP contribution in [0, 0.1) is 11.8 Å². The summed E-state index contributed by atoms with van der Waals surface area (Å²) in [4.78, 5) is 11.8. The number of hydrogen-bond donors (Lipinski definition) is 10. The largest absolute Gasteiger partial charge is 0.444 e. The van der Waals surface area contributed by atoms with Gasteiger partial charge in [0.2, 0.25) is 0 Å². The fourth-order valence-corrected chi connectivity index (χ4v) is 5.80. The smallest absolute Gasteiger partial charge is 0.407 e. The van der Waals surface area contributed by atoms with Crippen molar-refractivity contribution in [1.82, 2.24) is 10.6 Å². The zero-order valence-electron chi connectivity index (χ0n) is 28.9. The van der Waals surface area contributed by atoms with Gasteiger partial charge in [-0.1, -0.05) is 13.8 Å². The molecule has 0 radical (unpaired) electrons. The van der Waals surface area contributed by atoms with E-state index >= 15 is 0 Å². The molecule has 18 heteroatoms. The second-order valence-electron chi connectivity index (χ2n) is 13.8. The molecular formula is C31H58N2O16. The molecule has 18 nitrogen and oxygen atoms in total. The maximum absolute atomic E-state index is 11.8. The molecule has 0 aromatic heterocycles. The number of ether oxygens (including phenoxy) is 7. The van der Waals surface area contributed by atoms with Crippen molar-refractivity contribution in [1.29, 1.82) is 0 Å². The highest BCUT2D eigenvalue weighted by molar-refractivity contribution is 5.67. The van der Waals surface area contributed by atoms with Crippen LogP contribution in [-0.2, 0) is 33.2 Å². The number of amides is 1. The van der Waals surface area contributed by atoms with Crippen molar-refractivity contribution >= 4 is 6.09 Å². The van der Waals surface area contributed by atoms with E-state index in [-0.39, 0.29) is 25.0 Å².